The lowest BCUT2D eigenvalue weighted by atomic mass is 9.96. The van der Waals surface area contributed by atoms with Gasteiger partial charge in [0.15, 0.2) is 0 Å². The van der Waals surface area contributed by atoms with Crippen LogP contribution in [0.3, 0.4) is 0 Å². The van der Waals surface area contributed by atoms with E-state index in [1.807, 2.05) is 4.40 Å². The Hall–Kier alpha value is -1.88. The molecule has 5 nitrogen and oxygen atoms in total. The summed E-state index contributed by atoms with van der Waals surface area (Å²) in [6.07, 6.45) is 6.94. The van der Waals surface area contributed by atoms with E-state index in [4.69, 9.17) is 5.11 Å². The number of aromatic nitrogens is 2. The minimum atomic E-state index is -0.901. The first kappa shape index (κ1) is 12.2. The summed E-state index contributed by atoms with van der Waals surface area (Å²) in [5.41, 5.74) is 1.15. The van der Waals surface area contributed by atoms with Crippen LogP contribution in [0.2, 0.25) is 0 Å². The van der Waals surface area contributed by atoms with Crippen LogP contribution in [-0.4, -0.2) is 33.6 Å². The smallest absolute Gasteiger partial charge is 0.335 e. The molecule has 1 fully saturated rings. The third-order valence-corrected chi connectivity index (χ3v) is 3.73. The highest BCUT2D eigenvalue weighted by Crippen LogP contribution is 2.17. The fraction of sp³-hybridized carbons (Fsp3) is 0.429. The van der Waals surface area contributed by atoms with Crippen molar-refractivity contribution in [1.82, 2.24) is 14.7 Å². The maximum Gasteiger partial charge on any atom is 0.335 e. The van der Waals surface area contributed by atoms with Crippen molar-refractivity contribution >= 4 is 11.5 Å². The molecule has 0 spiro atoms. The monoisotopic (exact) mass is 259 g/mol. The van der Waals surface area contributed by atoms with Gasteiger partial charge in [-0.2, -0.15) is 0 Å². The highest BCUT2D eigenvalue weighted by molar-refractivity contribution is 5.88. The number of piperidine rings is 1. The maximum atomic E-state index is 10.9. The van der Waals surface area contributed by atoms with E-state index < -0.39 is 5.97 Å². The molecule has 0 radical (unpaired) electrons. The van der Waals surface area contributed by atoms with Crippen molar-refractivity contribution in [3.05, 3.63) is 35.9 Å². The van der Waals surface area contributed by atoms with Crippen molar-refractivity contribution in [2.24, 2.45) is 5.92 Å². The number of nitrogens with one attached hydrogen (secondary N) is 1. The van der Waals surface area contributed by atoms with E-state index in [-0.39, 0.29) is 0 Å². The van der Waals surface area contributed by atoms with Crippen LogP contribution in [0.4, 0.5) is 0 Å². The maximum absolute atomic E-state index is 10.9. The highest BCUT2D eigenvalue weighted by atomic mass is 16.4. The number of aromatic carboxylic acids is 1. The van der Waals surface area contributed by atoms with Gasteiger partial charge in [0.25, 0.3) is 0 Å². The molecular weight excluding hydrogens is 242 g/mol. The quantitative estimate of drug-likeness (QED) is 0.878. The van der Waals surface area contributed by atoms with Crippen LogP contribution < -0.4 is 5.32 Å². The fourth-order valence-corrected chi connectivity index (χ4v) is 2.70. The van der Waals surface area contributed by atoms with Gasteiger partial charge in [-0.3, -0.25) is 0 Å². The predicted octanol–water partition coefficient (Wildman–Crippen LogP) is 1.57. The normalized spacial score (nSPS) is 19.7. The van der Waals surface area contributed by atoms with Crippen LogP contribution in [0.5, 0.6) is 0 Å². The van der Waals surface area contributed by atoms with Crippen molar-refractivity contribution in [1.29, 1.82) is 0 Å². The third-order valence-electron chi connectivity index (χ3n) is 3.73. The molecule has 2 aromatic heterocycles. The molecule has 5 heteroatoms. The molecule has 1 aliphatic heterocycles. The number of fused-ring (bicyclic) bond motifs is 1. The average Bonchev–Trinajstić information content (AvgIpc) is 2.82. The van der Waals surface area contributed by atoms with Gasteiger partial charge in [-0.05, 0) is 44.0 Å². The zero-order valence-corrected chi connectivity index (χ0v) is 10.7. The van der Waals surface area contributed by atoms with Crippen LogP contribution in [0, 0.1) is 5.92 Å². The summed E-state index contributed by atoms with van der Waals surface area (Å²) >= 11 is 0. The lowest BCUT2D eigenvalue weighted by Gasteiger charge is -2.22. The first-order valence-electron chi connectivity index (χ1n) is 6.64. The number of carbonyl (C=O) groups is 1. The highest BCUT2D eigenvalue weighted by Gasteiger charge is 2.16. The van der Waals surface area contributed by atoms with E-state index in [9.17, 15) is 4.79 Å². The Morgan fingerprint density at radius 2 is 2.47 bits per heavy atom. The Labute approximate surface area is 111 Å². The van der Waals surface area contributed by atoms with Gasteiger partial charge in [0.2, 0.25) is 0 Å². The molecule has 1 saturated heterocycles. The van der Waals surface area contributed by atoms with Crippen molar-refractivity contribution in [2.45, 2.75) is 19.3 Å². The summed E-state index contributed by atoms with van der Waals surface area (Å²) in [5.74, 6) is 0.737. The first-order valence-corrected chi connectivity index (χ1v) is 6.64. The molecule has 19 heavy (non-hydrogen) atoms. The van der Waals surface area contributed by atoms with Crippen LogP contribution in [0.1, 0.15) is 29.0 Å². The van der Waals surface area contributed by atoms with E-state index in [1.54, 1.807) is 24.5 Å². The molecule has 100 valence electrons. The molecule has 0 aliphatic carbocycles. The Bertz CT molecular complexity index is 600. The Kier molecular flexibility index (Phi) is 3.21. The van der Waals surface area contributed by atoms with Gasteiger partial charge in [0.05, 0.1) is 17.3 Å². The molecule has 2 aromatic rings. The number of pyridine rings is 1. The van der Waals surface area contributed by atoms with Crippen LogP contribution in [0.15, 0.2) is 24.5 Å². The molecule has 1 unspecified atom stereocenters. The summed E-state index contributed by atoms with van der Waals surface area (Å²) in [6.45, 7) is 2.16. The summed E-state index contributed by atoms with van der Waals surface area (Å²) in [6, 6.07) is 3.29. The summed E-state index contributed by atoms with van der Waals surface area (Å²) < 4.78 is 1.99. The number of carboxylic acid groups (broad SMARTS) is 1. The zero-order chi connectivity index (χ0) is 13.2. The molecule has 0 saturated carbocycles. The van der Waals surface area contributed by atoms with Gasteiger partial charge < -0.3 is 14.8 Å². The molecule has 1 aliphatic rings. The third kappa shape index (κ3) is 2.46. The van der Waals surface area contributed by atoms with Crippen LogP contribution in [-0.2, 0) is 6.42 Å². The number of hydrogen-bond donors (Lipinski definition) is 2. The van der Waals surface area contributed by atoms with E-state index in [0.29, 0.717) is 11.5 Å². The largest absolute Gasteiger partial charge is 0.478 e. The van der Waals surface area contributed by atoms with E-state index in [1.165, 1.54) is 12.8 Å². The van der Waals surface area contributed by atoms with Gasteiger partial charge >= 0.3 is 5.97 Å². The molecule has 0 aromatic carbocycles. The molecular formula is C14H17N3O2. The SMILES string of the molecule is O=C(O)c1ccn2c(CC3CCCNC3)ncc2c1. The van der Waals surface area contributed by atoms with Gasteiger partial charge in [0.1, 0.15) is 5.82 Å². The standard InChI is InChI=1S/C14H17N3O2/c18-14(19)11-3-5-17-12(7-11)9-16-13(17)6-10-2-1-4-15-8-10/h3,5,7,9-10,15H,1-2,4,6,8H2,(H,18,19). The topological polar surface area (TPSA) is 66.6 Å². The number of rotatable bonds is 3. The fourth-order valence-electron chi connectivity index (χ4n) is 2.70. The van der Waals surface area contributed by atoms with Crippen LogP contribution >= 0.6 is 0 Å². The zero-order valence-electron chi connectivity index (χ0n) is 10.7. The second-order valence-electron chi connectivity index (χ2n) is 5.11. The predicted molar refractivity (Wildman–Crippen MR) is 71.4 cm³/mol. The van der Waals surface area contributed by atoms with Gasteiger partial charge in [-0.25, -0.2) is 9.78 Å². The number of carboxylic acids is 1. The number of hydrogen-bond acceptors (Lipinski definition) is 3. The minimum Gasteiger partial charge on any atom is -0.478 e. The van der Waals surface area contributed by atoms with Gasteiger partial charge in [0, 0.05) is 12.6 Å². The van der Waals surface area contributed by atoms with Crippen molar-refractivity contribution in [3.63, 3.8) is 0 Å². The summed E-state index contributed by atoms with van der Waals surface area (Å²) in [4.78, 5) is 15.4. The summed E-state index contributed by atoms with van der Waals surface area (Å²) in [5, 5.41) is 12.4. The average molecular weight is 259 g/mol. The van der Waals surface area contributed by atoms with Crippen molar-refractivity contribution < 1.29 is 9.90 Å². The Balaban J connectivity index is 1.86. The lowest BCUT2D eigenvalue weighted by molar-refractivity contribution is 0.0697. The molecule has 3 heterocycles. The van der Waals surface area contributed by atoms with Crippen LogP contribution in [0.25, 0.3) is 5.52 Å². The minimum absolute atomic E-state index is 0.304. The molecule has 0 amide bonds. The molecule has 1 atom stereocenters. The Morgan fingerprint density at radius 1 is 1.58 bits per heavy atom. The Morgan fingerprint density at radius 3 is 3.21 bits per heavy atom. The summed E-state index contributed by atoms with van der Waals surface area (Å²) in [7, 11) is 0. The van der Waals surface area contributed by atoms with E-state index in [0.717, 1.165) is 30.9 Å². The number of nitrogens with zero attached hydrogens (tertiary/aromatic N) is 2. The second-order valence-corrected chi connectivity index (χ2v) is 5.11. The number of imidazole rings is 1. The lowest BCUT2D eigenvalue weighted by Crippen LogP contribution is -2.31. The van der Waals surface area contributed by atoms with Gasteiger partial charge in [-0.1, -0.05) is 0 Å². The van der Waals surface area contributed by atoms with Crippen molar-refractivity contribution in [2.75, 3.05) is 13.1 Å². The molecule has 3 rings (SSSR count). The van der Waals surface area contributed by atoms with E-state index >= 15 is 0 Å². The van der Waals surface area contributed by atoms with Gasteiger partial charge in [-0.15, -0.1) is 0 Å². The van der Waals surface area contributed by atoms with Crippen molar-refractivity contribution in [3.8, 4) is 0 Å². The molecule has 0 bridgehead atoms. The van der Waals surface area contributed by atoms with E-state index in [2.05, 4.69) is 10.3 Å². The second kappa shape index (κ2) is 5.01. The molecule has 2 N–H and O–H groups in total. The first-order chi connectivity index (χ1) is 9.24.